The Morgan fingerprint density at radius 2 is 2.04 bits per heavy atom. The van der Waals surface area contributed by atoms with E-state index in [9.17, 15) is 9.59 Å². The summed E-state index contributed by atoms with van der Waals surface area (Å²) in [6.45, 7) is 7.36. The number of allylic oxidation sites excluding steroid dienone is 3. The maximum atomic E-state index is 13.3. The fraction of sp³-hybridized carbons (Fsp3) is 0.364. The number of nitrogens with zero attached hydrogens (tertiary/aromatic N) is 1. The van der Waals surface area contributed by atoms with Crippen LogP contribution in [0.1, 0.15) is 39.7 Å². The van der Waals surface area contributed by atoms with Gasteiger partial charge in [0.25, 0.3) is 5.91 Å². The molecule has 0 bridgehead atoms. The van der Waals surface area contributed by atoms with E-state index in [1.54, 1.807) is 32.2 Å². The predicted octanol–water partition coefficient (Wildman–Crippen LogP) is 4.30. The van der Waals surface area contributed by atoms with Gasteiger partial charge >= 0.3 is 0 Å². The fourth-order valence-electron chi connectivity index (χ4n) is 3.07. The molecule has 1 aliphatic rings. The lowest BCUT2D eigenvalue weighted by Crippen LogP contribution is -2.42. The van der Waals surface area contributed by atoms with Gasteiger partial charge in [-0.2, -0.15) is 0 Å². The van der Waals surface area contributed by atoms with Crippen molar-refractivity contribution in [1.29, 1.82) is 0 Å². The molecule has 0 radical (unpaired) electrons. The van der Waals surface area contributed by atoms with Gasteiger partial charge in [-0.05, 0) is 69.5 Å². The zero-order valence-corrected chi connectivity index (χ0v) is 17.8. The molecule has 0 aromatic heterocycles. The van der Waals surface area contributed by atoms with Gasteiger partial charge in [-0.15, -0.1) is 0 Å². The van der Waals surface area contributed by atoms with E-state index in [2.05, 4.69) is 5.32 Å². The Labute approximate surface area is 171 Å². The van der Waals surface area contributed by atoms with E-state index >= 15 is 0 Å². The number of ether oxygens (including phenoxy) is 1. The number of rotatable bonds is 5. The number of benzene rings is 1. The van der Waals surface area contributed by atoms with Gasteiger partial charge in [0, 0.05) is 16.6 Å². The third-order valence-corrected chi connectivity index (χ3v) is 4.55. The van der Waals surface area contributed by atoms with E-state index in [1.165, 1.54) is 4.90 Å². The summed E-state index contributed by atoms with van der Waals surface area (Å²) in [5.74, 6) is 0.143. The normalized spacial score (nSPS) is 21.8. The molecular formula is C22H27ClN2O3. The van der Waals surface area contributed by atoms with E-state index in [0.29, 0.717) is 28.5 Å². The molecule has 150 valence electrons. The standard InChI is InChI=1S/C22H27ClN2O3/c1-14(2)24-20(26)13-25-21(17-7-6-8-18(23)12-17)15(3)9-10-19(28-5)11-16(4)22(25)27/h6-8,10-12,14H,9,13H2,1-5H3,(H,24,26)/b16-11+,19-10+,21-15-. The molecule has 0 aliphatic carbocycles. The van der Waals surface area contributed by atoms with Crippen LogP contribution in [0.3, 0.4) is 0 Å². The summed E-state index contributed by atoms with van der Waals surface area (Å²) in [5, 5.41) is 3.42. The minimum Gasteiger partial charge on any atom is -0.497 e. The van der Waals surface area contributed by atoms with E-state index in [4.69, 9.17) is 16.3 Å². The number of methoxy groups -OCH3 is 1. The Morgan fingerprint density at radius 1 is 1.32 bits per heavy atom. The van der Waals surface area contributed by atoms with Gasteiger partial charge in [0.1, 0.15) is 12.3 Å². The molecule has 1 aromatic carbocycles. The summed E-state index contributed by atoms with van der Waals surface area (Å²) in [4.78, 5) is 27.3. The quantitative estimate of drug-likeness (QED) is 0.798. The van der Waals surface area contributed by atoms with Crippen LogP contribution < -0.4 is 5.32 Å². The van der Waals surface area contributed by atoms with Crippen LogP contribution in [0, 0.1) is 0 Å². The summed E-state index contributed by atoms with van der Waals surface area (Å²) in [6, 6.07) is 7.29. The second kappa shape index (κ2) is 9.60. The number of carbonyl (C=O) groups excluding carboxylic acids is 2. The number of nitrogens with one attached hydrogen (secondary N) is 1. The molecule has 28 heavy (non-hydrogen) atoms. The second-order valence-electron chi connectivity index (χ2n) is 7.09. The fourth-order valence-corrected chi connectivity index (χ4v) is 3.26. The number of hydrogen-bond donors (Lipinski definition) is 1. The van der Waals surface area contributed by atoms with Crippen LogP contribution in [-0.4, -0.2) is 36.4 Å². The minimum absolute atomic E-state index is 0.0155. The summed E-state index contributed by atoms with van der Waals surface area (Å²) in [7, 11) is 1.57. The molecule has 1 aliphatic heterocycles. The van der Waals surface area contributed by atoms with Crippen molar-refractivity contribution in [3.8, 4) is 0 Å². The molecule has 0 atom stereocenters. The van der Waals surface area contributed by atoms with Crippen LogP contribution in [0.25, 0.3) is 5.70 Å². The van der Waals surface area contributed by atoms with E-state index in [-0.39, 0.29) is 24.4 Å². The van der Waals surface area contributed by atoms with Crippen molar-refractivity contribution in [2.45, 2.75) is 40.2 Å². The van der Waals surface area contributed by atoms with Crippen molar-refractivity contribution in [1.82, 2.24) is 10.2 Å². The monoisotopic (exact) mass is 402 g/mol. The molecule has 1 heterocycles. The van der Waals surface area contributed by atoms with Gasteiger partial charge < -0.3 is 10.1 Å². The first-order valence-electron chi connectivity index (χ1n) is 9.22. The Morgan fingerprint density at radius 3 is 2.64 bits per heavy atom. The van der Waals surface area contributed by atoms with Gasteiger partial charge in [0.2, 0.25) is 5.91 Å². The molecule has 5 nitrogen and oxygen atoms in total. The summed E-state index contributed by atoms with van der Waals surface area (Å²) < 4.78 is 5.37. The van der Waals surface area contributed by atoms with Crippen molar-refractivity contribution in [3.05, 3.63) is 63.9 Å². The first-order valence-corrected chi connectivity index (χ1v) is 9.60. The second-order valence-corrected chi connectivity index (χ2v) is 7.53. The molecule has 2 rings (SSSR count). The minimum atomic E-state index is -0.252. The molecule has 2 amide bonds. The lowest BCUT2D eigenvalue weighted by atomic mass is 10.0. The van der Waals surface area contributed by atoms with Crippen LogP contribution in [0.5, 0.6) is 0 Å². The maximum absolute atomic E-state index is 13.3. The number of halogens is 1. The number of hydrogen-bond acceptors (Lipinski definition) is 3. The van der Waals surface area contributed by atoms with E-state index in [0.717, 1.165) is 11.1 Å². The molecule has 0 spiro atoms. The van der Waals surface area contributed by atoms with Gasteiger partial charge in [0.15, 0.2) is 0 Å². The molecule has 0 fully saturated rings. The third kappa shape index (κ3) is 5.49. The highest BCUT2D eigenvalue weighted by Crippen LogP contribution is 2.30. The lowest BCUT2D eigenvalue weighted by Gasteiger charge is -2.28. The highest BCUT2D eigenvalue weighted by Gasteiger charge is 2.26. The Bertz CT molecular complexity index is 853. The largest absolute Gasteiger partial charge is 0.497 e. The number of carbonyl (C=O) groups is 2. The van der Waals surface area contributed by atoms with Crippen LogP contribution in [0.15, 0.2) is 53.3 Å². The average Bonchev–Trinajstić information content (AvgIpc) is 2.66. The summed E-state index contributed by atoms with van der Waals surface area (Å²) >= 11 is 6.20. The zero-order valence-electron chi connectivity index (χ0n) is 17.0. The van der Waals surface area contributed by atoms with Crippen molar-refractivity contribution in [2.24, 2.45) is 0 Å². The smallest absolute Gasteiger partial charge is 0.254 e. The van der Waals surface area contributed by atoms with Crippen molar-refractivity contribution >= 4 is 29.1 Å². The Hall–Kier alpha value is -2.53. The first-order chi connectivity index (χ1) is 13.2. The summed E-state index contributed by atoms with van der Waals surface area (Å²) in [5.41, 5.74) is 2.90. The van der Waals surface area contributed by atoms with Gasteiger partial charge in [-0.3, -0.25) is 14.5 Å². The Balaban J connectivity index is 2.61. The SMILES string of the molecule is COC1=C/C/C(C)=C(/c2cccc(Cl)c2)N(CC(=O)NC(C)C)C(=O)\C(C)=C\1. The van der Waals surface area contributed by atoms with E-state index in [1.807, 2.05) is 39.0 Å². The van der Waals surface area contributed by atoms with Crippen molar-refractivity contribution < 1.29 is 14.3 Å². The molecule has 1 aromatic rings. The number of amides is 2. The van der Waals surface area contributed by atoms with Crippen LogP contribution >= 0.6 is 11.6 Å². The van der Waals surface area contributed by atoms with Crippen LogP contribution in [0.4, 0.5) is 0 Å². The topological polar surface area (TPSA) is 58.6 Å². The Kier molecular flexibility index (Phi) is 7.46. The average molecular weight is 403 g/mol. The summed E-state index contributed by atoms with van der Waals surface area (Å²) in [6.07, 6.45) is 4.20. The van der Waals surface area contributed by atoms with Gasteiger partial charge in [-0.1, -0.05) is 23.7 Å². The highest BCUT2D eigenvalue weighted by atomic mass is 35.5. The lowest BCUT2D eigenvalue weighted by molar-refractivity contribution is -0.130. The van der Waals surface area contributed by atoms with E-state index < -0.39 is 0 Å². The van der Waals surface area contributed by atoms with Crippen LogP contribution in [-0.2, 0) is 14.3 Å². The predicted molar refractivity (Wildman–Crippen MR) is 113 cm³/mol. The third-order valence-electron chi connectivity index (χ3n) is 4.31. The zero-order chi connectivity index (χ0) is 20.8. The van der Waals surface area contributed by atoms with Crippen LogP contribution in [0.2, 0.25) is 5.02 Å². The van der Waals surface area contributed by atoms with Gasteiger partial charge in [0.05, 0.1) is 12.8 Å². The molecule has 0 unspecified atom stereocenters. The van der Waals surface area contributed by atoms with Gasteiger partial charge in [-0.25, -0.2) is 0 Å². The molecule has 0 saturated heterocycles. The van der Waals surface area contributed by atoms with Crippen molar-refractivity contribution in [2.75, 3.05) is 13.7 Å². The molecular weight excluding hydrogens is 376 g/mol. The van der Waals surface area contributed by atoms with Crippen molar-refractivity contribution in [3.63, 3.8) is 0 Å². The maximum Gasteiger partial charge on any atom is 0.254 e. The molecule has 6 heteroatoms. The molecule has 0 saturated carbocycles. The molecule has 1 N–H and O–H groups in total. The highest BCUT2D eigenvalue weighted by molar-refractivity contribution is 6.30. The first kappa shape index (κ1) is 21.8.